The Labute approximate surface area is 463 Å². The standard InChI is InChI=1S/C65H120NO8P/c1-3-5-7-9-11-13-15-17-19-21-22-23-24-25-26-27-28-29-30-31-32-33-34-35-36-37-38-39-40-42-43-45-47-49-51-53-55-57-64(67)71-61-63(62-73-75(69,70)72-60-59-66)74-65(68)58-56-54-52-50-48-46-44-41-20-18-16-14-12-10-8-6-4-2/h6,8,12,14,18,20-22,44,46,63H,3-5,7,9-11,13,15-17,19,23-43,45,47-62,66H2,1-2H3,(H,69,70)/b8-6-,14-12-,20-18-,22-21-,46-44-. The van der Waals surface area contributed by atoms with Crippen molar-refractivity contribution in [2.24, 2.45) is 5.73 Å². The number of unbranched alkanes of at least 4 members (excludes halogenated alkanes) is 37. The van der Waals surface area contributed by atoms with Gasteiger partial charge in [0, 0.05) is 19.4 Å². The van der Waals surface area contributed by atoms with E-state index < -0.39 is 26.5 Å². The van der Waals surface area contributed by atoms with E-state index in [1.807, 2.05) is 0 Å². The zero-order chi connectivity index (χ0) is 54.5. The van der Waals surface area contributed by atoms with Gasteiger partial charge in [0.05, 0.1) is 13.2 Å². The average Bonchev–Trinajstić information content (AvgIpc) is 3.40. The van der Waals surface area contributed by atoms with Crippen LogP contribution in [0.1, 0.15) is 309 Å². The van der Waals surface area contributed by atoms with Gasteiger partial charge in [-0.3, -0.25) is 18.6 Å². The molecule has 0 saturated carbocycles. The van der Waals surface area contributed by atoms with Gasteiger partial charge in [0.25, 0.3) is 0 Å². The highest BCUT2D eigenvalue weighted by atomic mass is 31.2. The molecule has 2 atom stereocenters. The summed E-state index contributed by atoms with van der Waals surface area (Å²) in [4.78, 5) is 35.2. The molecule has 75 heavy (non-hydrogen) atoms. The first kappa shape index (κ1) is 72.7. The lowest BCUT2D eigenvalue weighted by atomic mass is 10.0. The van der Waals surface area contributed by atoms with Gasteiger partial charge in [0.1, 0.15) is 6.61 Å². The number of allylic oxidation sites excluding steroid dienone is 10. The third-order valence-corrected chi connectivity index (χ3v) is 14.9. The van der Waals surface area contributed by atoms with Crippen LogP contribution in [0.4, 0.5) is 0 Å². The molecule has 438 valence electrons. The van der Waals surface area contributed by atoms with Gasteiger partial charge in [-0.1, -0.05) is 280 Å². The van der Waals surface area contributed by atoms with Crippen LogP contribution in [0.3, 0.4) is 0 Å². The van der Waals surface area contributed by atoms with Crippen LogP contribution in [0.15, 0.2) is 60.8 Å². The van der Waals surface area contributed by atoms with Gasteiger partial charge in [0.2, 0.25) is 0 Å². The Morgan fingerprint density at radius 2 is 0.733 bits per heavy atom. The van der Waals surface area contributed by atoms with Crippen LogP contribution in [-0.2, 0) is 32.7 Å². The maximum atomic E-state index is 12.7. The van der Waals surface area contributed by atoms with E-state index in [1.165, 1.54) is 205 Å². The summed E-state index contributed by atoms with van der Waals surface area (Å²) in [6, 6.07) is 0. The normalized spacial score (nSPS) is 13.4. The maximum Gasteiger partial charge on any atom is 0.472 e. The number of phosphoric acid groups is 1. The van der Waals surface area contributed by atoms with E-state index in [1.54, 1.807) is 0 Å². The summed E-state index contributed by atoms with van der Waals surface area (Å²) in [5, 5.41) is 0. The monoisotopic (exact) mass is 1070 g/mol. The molecule has 0 aromatic heterocycles. The van der Waals surface area contributed by atoms with Crippen LogP contribution in [0.2, 0.25) is 0 Å². The van der Waals surface area contributed by atoms with Gasteiger partial charge < -0.3 is 20.1 Å². The molecule has 0 heterocycles. The summed E-state index contributed by atoms with van der Waals surface area (Å²) < 4.78 is 33.0. The van der Waals surface area contributed by atoms with Gasteiger partial charge in [-0.2, -0.15) is 0 Å². The van der Waals surface area contributed by atoms with E-state index in [0.717, 1.165) is 70.6 Å². The minimum atomic E-state index is -4.40. The van der Waals surface area contributed by atoms with E-state index in [-0.39, 0.29) is 38.6 Å². The van der Waals surface area contributed by atoms with Gasteiger partial charge in [-0.25, -0.2) is 4.57 Å². The molecular formula is C65H120NO8P. The van der Waals surface area contributed by atoms with Crippen molar-refractivity contribution in [3.05, 3.63) is 60.8 Å². The Bertz CT molecular complexity index is 1410. The second kappa shape index (κ2) is 60.9. The Kier molecular flexibility index (Phi) is 59.1. The van der Waals surface area contributed by atoms with Crippen LogP contribution in [0.25, 0.3) is 0 Å². The van der Waals surface area contributed by atoms with Crippen LogP contribution >= 0.6 is 7.82 Å². The third kappa shape index (κ3) is 60.8. The molecule has 0 spiro atoms. The van der Waals surface area contributed by atoms with E-state index in [2.05, 4.69) is 74.6 Å². The SMILES string of the molecule is CC/C=C\C/C=C\C/C=C\C/C=C\CCCCCCC(=O)OC(COC(=O)CCCCCCCCCCCCCCCCCCCCCCCCCCC/C=C\CCCCCCCCCC)COP(=O)(O)OCCN. The fourth-order valence-corrected chi connectivity index (χ4v) is 9.98. The van der Waals surface area contributed by atoms with Gasteiger partial charge in [0.15, 0.2) is 6.10 Å². The number of rotatable bonds is 60. The number of esters is 2. The Hall–Kier alpha value is -2.29. The van der Waals surface area contributed by atoms with Crippen molar-refractivity contribution in [3.8, 4) is 0 Å². The Balaban J connectivity index is 3.79. The second-order valence-corrected chi connectivity index (χ2v) is 22.7. The molecule has 0 saturated heterocycles. The van der Waals surface area contributed by atoms with Crippen LogP contribution in [0, 0.1) is 0 Å². The molecule has 0 radical (unpaired) electrons. The predicted molar refractivity (Wildman–Crippen MR) is 321 cm³/mol. The third-order valence-electron chi connectivity index (χ3n) is 13.9. The molecular weight excluding hydrogens is 954 g/mol. The molecule has 10 heteroatoms. The van der Waals surface area contributed by atoms with E-state index in [9.17, 15) is 19.0 Å². The quantitative estimate of drug-likeness (QED) is 0.0264. The molecule has 0 fully saturated rings. The highest BCUT2D eigenvalue weighted by Crippen LogP contribution is 2.43. The molecule has 0 aromatic rings. The van der Waals surface area contributed by atoms with Crippen molar-refractivity contribution in [2.75, 3.05) is 26.4 Å². The summed E-state index contributed by atoms with van der Waals surface area (Å²) in [5.74, 6) is -0.846. The van der Waals surface area contributed by atoms with Crippen molar-refractivity contribution in [1.29, 1.82) is 0 Å². The zero-order valence-corrected chi connectivity index (χ0v) is 49.9. The average molecular weight is 1070 g/mol. The van der Waals surface area contributed by atoms with Crippen LogP contribution in [-0.4, -0.2) is 49.3 Å². The fourth-order valence-electron chi connectivity index (χ4n) is 9.21. The van der Waals surface area contributed by atoms with E-state index in [4.69, 9.17) is 24.3 Å². The molecule has 0 bridgehead atoms. The number of carbonyl (C=O) groups excluding carboxylic acids is 2. The molecule has 0 amide bonds. The number of hydrogen-bond acceptors (Lipinski definition) is 8. The van der Waals surface area contributed by atoms with Crippen LogP contribution in [0.5, 0.6) is 0 Å². The number of carbonyl (C=O) groups is 2. The maximum absolute atomic E-state index is 12.7. The lowest BCUT2D eigenvalue weighted by Gasteiger charge is -2.19. The van der Waals surface area contributed by atoms with E-state index in [0.29, 0.717) is 6.42 Å². The largest absolute Gasteiger partial charge is 0.472 e. The molecule has 0 rings (SSSR count). The van der Waals surface area contributed by atoms with E-state index >= 15 is 0 Å². The molecule has 9 nitrogen and oxygen atoms in total. The minimum absolute atomic E-state index is 0.0481. The number of hydrogen-bond donors (Lipinski definition) is 2. The topological polar surface area (TPSA) is 134 Å². The Morgan fingerprint density at radius 1 is 0.413 bits per heavy atom. The van der Waals surface area contributed by atoms with Gasteiger partial charge >= 0.3 is 19.8 Å². The molecule has 0 aliphatic heterocycles. The highest BCUT2D eigenvalue weighted by molar-refractivity contribution is 7.47. The highest BCUT2D eigenvalue weighted by Gasteiger charge is 2.26. The number of nitrogens with two attached hydrogens (primary N) is 1. The van der Waals surface area contributed by atoms with Crippen molar-refractivity contribution in [2.45, 2.75) is 315 Å². The van der Waals surface area contributed by atoms with Crippen molar-refractivity contribution in [1.82, 2.24) is 0 Å². The molecule has 2 unspecified atom stereocenters. The van der Waals surface area contributed by atoms with Gasteiger partial charge in [-0.15, -0.1) is 0 Å². The first-order valence-electron chi connectivity index (χ1n) is 31.8. The number of phosphoric ester groups is 1. The summed E-state index contributed by atoms with van der Waals surface area (Å²) in [5.41, 5.74) is 5.38. The van der Waals surface area contributed by atoms with Gasteiger partial charge in [-0.05, 0) is 77.0 Å². The summed E-state index contributed by atoms with van der Waals surface area (Å²) >= 11 is 0. The first-order chi connectivity index (χ1) is 36.8. The van der Waals surface area contributed by atoms with Crippen molar-refractivity contribution < 1.29 is 37.6 Å². The van der Waals surface area contributed by atoms with Crippen LogP contribution < -0.4 is 5.73 Å². The minimum Gasteiger partial charge on any atom is -0.462 e. The van der Waals surface area contributed by atoms with Crippen molar-refractivity contribution >= 4 is 19.8 Å². The summed E-state index contributed by atoms with van der Waals surface area (Å²) in [7, 11) is -4.40. The first-order valence-corrected chi connectivity index (χ1v) is 33.3. The molecule has 0 aliphatic carbocycles. The second-order valence-electron chi connectivity index (χ2n) is 21.2. The smallest absolute Gasteiger partial charge is 0.462 e. The zero-order valence-electron chi connectivity index (χ0n) is 49.0. The predicted octanol–water partition coefficient (Wildman–Crippen LogP) is 20.3. The molecule has 0 aromatic carbocycles. The lowest BCUT2D eigenvalue weighted by Crippen LogP contribution is -2.29. The lowest BCUT2D eigenvalue weighted by molar-refractivity contribution is -0.161. The Morgan fingerprint density at radius 3 is 1.11 bits per heavy atom. The summed E-state index contributed by atoms with van der Waals surface area (Å²) in [6.07, 6.45) is 77.5. The summed E-state index contributed by atoms with van der Waals surface area (Å²) in [6.45, 7) is 3.63. The molecule has 0 aliphatic rings. The van der Waals surface area contributed by atoms with Crippen molar-refractivity contribution in [3.63, 3.8) is 0 Å². The number of ether oxygens (including phenoxy) is 2. The fraction of sp³-hybridized carbons (Fsp3) is 0.815. The molecule has 3 N–H and O–H groups in total.